The van der Waals surface area contributed by atoms with Crippen molar-refractivity contribution in [3.05, 3.63) is 51.8 Å². The molecule has 2 heterocycles. The van der Waals surface area contributed by atoms with Crippen LogP contribution in [0.4, 0.5) is 11.6 Å². The predicted octanol–water partition coefficient (Wildman–Crippen LogP) is 1.68. The summed E-state index contributed by atoms with van der Waals surface area (Å²) in [5.74, 6) is -0.299. The van der Waals surface area contributed by atoms with Crippen LogP contribution in [0.2, 0.25) is 0 Å². The van der Waals surface area contributed by atoms with Gasteiger partial charge in [-0.1, -0.05) is 6.07 Å². The molecule has 21 heavy (non-hydrogen) atoms. The molecule has 8 heteroatoms. The predicted molar refractivity (Wildman–Crippen MR) is 76.5 cm³/mol. The molecule has 0 unspecified atom stereocenters. The molecule has 0 aliphatic carbocycles. The Bertz CT molecular complexity index is 720. The molecule has 1 amide bonds. The number of anilines is 1. The Morgan fingerprint density at radius 3 is 2.90 bits per heavy atom. The van der Waals surface area contributed by atoms with E-state index in [1.807, 2.05) is 13.0 Å². The van der Waals surface area contributed by atoms with Gasteiger partial charge in [-0.05, 0) is 30.1 Å². The molecule has 0 saturated heterocycles. The van der Waals surface area contributed by atoms with Crippen molar-refractivity contribution < 1.29 is 9.72 Å². The SMILES string of the molecule is Cc1cccc(NC(=O)C=Cc2cn(C)nc2[N+](=O)[O-])n1. The van der Waals surface area contributed by atoms with Crippen LogP contribution in [0.5, 0.6) is 0 Å². The first-order chi connectivity index (χ1) is 9.95. The van der Waals surface area contributed by atoms with Gasteiger partial charge in [-0.2, -0.15) is 4.68 Å². The lowest BCUT2D eigenvalue weighted by molar-refractivity contribution is -0.390. The highest BCUT2D eigenvalue weighted by Gasteiger charge is 2.17. The lowest BCUT2D eigenvalue weighted by Gasteiger charge is -2.01. The number of pyridine rings is 1. The summed E-state index contributed by atoms with van der Waals surface area (Å²) in [6.45, 7) is 1.81. The molecule has 0 atom stereocenters. The van der Waals surface area contributed by atoms with Crippen molar-refractivity contribution in [2.24, 2.45) is 7.05 Å². The van der Waals surface area contributed by atoms with Crippen LogP contribution in [-0.4, -0.2) is 25.6 Å². The maximum absolute atomic E-state index is 11.8. The van der Waals surface area contributed by atoms with Crippen molar-refractivity contribution in [2.45, 2.75) is 6.92 Å². The minimum atomic E-state index is -0.598. The third kappa shape index (κ3) is 3.72. The Hall–Kier alpha value is -3.03. The highest BCUT2D eigenvalue weighted by molar-refractivity contribution is 6.01. The molecule has 0 spiro atoms. The quantitative estimate of drug-likeness (QED) is 0.523. The van der Waals surface area contributed by atoms with Crippen LogP contribution in [0.3, 0.4) is 0 Å². The molecule has 0 aliphatic heterocycles. The third-order valence-electron chi connectivity index (χ3n) is 2.56. The summed E-state index contributed by atoms with van der Waals surface area (Å²) in [6.07, 6.45) is 4.01. The fourth-order valence-electron chi connectivity index (χ4n) is 1.70. The second-order valence-electron chi connectivity index (χ2n) is 4.33. The maximum Gasteiger partial charge on any atom is 0.397 e. The second kappa shape index (κ2) is 5.95. The highest BCUT2D eigenvalue weighted by atomic mass is 16.6. The summed E-state index contributed by atoms with van der Waals surface area (Å²) >= 11 is 0. The molecule has 2 rings (SSSR count). The van der Waals surface area contributed by atoms with Crippen molar-refractivity contribution in [1.82, 2.24) is 14.8 Å². The fraction of sp³-hybridized carbons (Fsp3) is 0.154. The molecule has 0 aromatic carbocycles. The van der Waals surface area contributed by atoms with Crippen molar-refractivity contribution in [2.75, 3.05) is 5.32 Å². The molecule has 108 valence electrons. The van der Waals surface area contributed by atoms with Gasteiger partial charge in [0.05, 0.1) is 23.9 Å². The van der Waals surface area contributed by atoms with Gasteiger partial charge in [-0.3, -0.25) is 4.79 Å². The summed E-state index contributed by atoms with van der Waals surface area (Å²) in [4.78, 5) is 26.1. The zero-order valence-corrected chi connectivity index (χ0v) is 11.5. The average molecular weight is 287 g/mol. The van der Waals surface area contributed by atoms with Crippen LogP contribution in [0.1, 0.15) is 11.3 Å². The Balaban J connectivity index is 2.11. The van der Waals surface area contributed by atoms with E-state index in [-0.39, 0.29) is 11.4 Å². The van der Waals surface area contributed by atoms with Crippen LogP contribution in [-0.2, 0) is 11.8 Å². The van der Waals surface area contributed by atoms with E-state index in [2.05, 4.69) is 15.4 Å². The minimum Gasteiger partial charge on any atom is -0.358 e. The first-order valence-electron chi connectivity index (χ1n) is 6.06. The summed E-state index contributed by atoms with van der Waals surface area (Å²) < 4.78 is 1.32. The zero-order chi connectivity index (χ0) is 15.4. The normalized spacial score (nSPS) is 10.8. The highest BCUT2D eigenvalue weighted by Crippen LogP contribution is 2.16. The van der Waals surface area contributed by atoms with Crippen LogP contribution < -0.4 is 5.32 Å². The number of aromatic nitrogens is 3. The number of carbonyl (C=O) groups is 1. The van der Waals surface area contributed by atoms with Gasteiger partial charge < -0.3 is 15.4 Å². The Labute approximate surface area is 120 Å². The van der Waals surface area contributed by atoms with E-state index in [0.717, 1.165) is 5.69 Å². The molecule has 2 aromatic heterocycles. The van der Waals surface area contributed by atoms with Gasteiger partial charge in [0.1, 0.15) is 5.82 Å². The smallest absolute Gasteiger partial charge is 0.358 e. The van der Waals surface area contributed by atoms with E-state index in [0.29, 0.717) is 5.82 Å². The minimum absolute atomic E-state index is 0.259. The molecule has 0 radical (unpaired) electrons. The standard InChI is InChI=1S/C13H13N5O3/c1-9-4-3-5-11(14-9)15-12(19)7-6-10-8-17(2)16-13(10)18(20)21/h3-8H,1-2H3,(H,14,15,19). The third-order valence-corrected chi connectivity index (χ3v) is 2.56. The van der Waals surface area contributed by atoms with E-state index in [1.54, 1.807) is 19.2 Å². The van der Waals surface area contributed by atoms with Crippen molar-refractivity contribution in [3.63, 3.8) is 0 Å². The molecule has 0 fully saturated rings. The average Bonchev–Trinajstić information content (AvgIpc) is 2.78. The van der Waals surface area contributed by atoms with Crippen LogP contribution >= 0.6 is 0 Å². The number of rotatable bonds is 4. The number of nitrogens with one attached hydrogen (secondary N) is 1. The molecule has 0 bridgehead atoms. The van der Waals surface area contributed by atoms with Crippen molar-refractivity contribution >= 4 is 23.6 Å². The van der Waals surface area contributed by atoms with Crippen LogP contribution in [0.15, 0.2) is 30.5 Å². The van der Waals surface area contributed by atoms with Gasteiger partial charge in [0.2, 0.25) is 5.91 Å². The van der Waals surface area contributed by atoms with Crippen LogP contribution in [0, 0.1) is 17.0 Å². The van der Waals surface area contributed by atoms with Gasteiger partial charge >= 0.3 is 5.82 Å². The molecular formula is C13H13N5O3. The Morgan fingerprint density at radius 1 is 1.48 bits per heavy atom. The summed E-state index contributed by atoms with van der Waals surface area (Å²) in [5.41, 5.74) is 1.04. The number of nitrogens with zero attached hydrogens (tertiary/aromatic N) is 4. The largest absolute Gasteiger partial charge is 0.397 e. The first-order valence-corrected chi connectivity index (χ1v) is 6.06. The summed E-state index contributed by atoms with van der Waals surface area (Å²) in [7, 11) is 1.57. The molecule has 0 aliphatic rings. The van der Waals surface area contributed by atoms with E-state index in [9.17, 15) is 14.9 Å². The lowest BCUT2D eigenvalue weighted by atomic mass is 10.3. The number of hydrogen-bond donors (Lipinski definition) is 1. The van der Waals surface area contributed by atoms with E-state index < -0.39 is 10.8 Å². The van der Waals surface area contributed by atoms with Crippen molar-refractivity contribution in [3.8, 4) is 0 Å². The fourth-order valence-corrected chi connectivity index (χ4v) is 1.70. The Morgan fingerprint density at radius 2 is 2.24 bits per heavy atom. The van der Waals surface area contributed by atoms with Gasteiger partial charge in [0.15, 0.2) is 0 Å². The number of carbonyl (C=O) groups excluding carboxylic acids is 1. The number of hydrogen-bond acceptors (Lipinski definition) is 5. The van der Waals surface area contributed by atoms with Crippen LogP contribution in [0.25, 0.3) is 6.08 Å². The monoisotopic (exact) mass is 287 g/mol. The molecular weight excluding hydrogens is 274 g/mol. The molecule has 2 aromatic rings. The van der Waals surface area contributed by atoms with Gasteiger partial charge in [0, 0.05) is 11.8 Å². The zero-order valence-electron chi connectivity index (χ0n) is 11.5. The maximum atomic E-state index is 11.8. The Kier molecular flexibility index (Phi) is 4.07. The van der Waals surface area contributed by atoms with Crippen molar-refractivity contribution in [1.29, 1.82) is 0 Å². The van der Waals surface area contributed by atoms with E-state index >= 15 is 0 Å². The van der Waals surface area contributed by atoms with Gasteiger partial charge in [-0.15, -0.1) is 0 Å². The topological polar surface area (TPSA) is 103 Å². The van der Waals surface area contributed by atoms with Gasteiger partial charge in [-0.25, -0.2) is 4.98 Å². The summed E-state index contributed by atoms with van der Waals surface area (Å²) in [5, 5.41) is 17.1. The summed E-state index contributed by atoms with van der Waals surface area (Å²) in [6, 6.07) is 5.24. The van der Waals surface area contributed by atoms with E-state index in [1.165, 1.54) is 23.0 Å². The molecule has 1 N–H and O–H groups in total. The molecule has 8 nitrogen and oxygen atoms in total. The second-order valence-corrected chi connectivity index (χ2v) is 4.33. The first kappa shape index (κ1) is 14.4. The number of amides is 1. The number of aryl methyl sites for hydroxylation is 2. The number of nitro groups is 1. The van der Waals surface area contributed by atoms with E-state index in [4.69, 9.17) is 0 Å². The van der Waals surface area contributed by atoms with Gasteiger partial charge in [0.25, 0.3) is 0 Å². The molecule has 0 saturated carbocycles. The lowest BCUT2D eigenvalue weighted by Crippen LogP contribution is -2.09.